The largest absolute Gasteiger partial charge is 0.395 e. The van der Waals surface area contributed by atoms with Crippen LogP contribution >= 0.6 is 23.2 Å². The number of aromatic nitrogens is 1. The van der Waals surface area contributed by atoms with Gasteiger partial charge in [-0.2, -0.15) is 0 Å². The molecular weight excluding hydrogens is 561 g/mol. The Morgan fingerprint density at radius 3 is 2.52 bits per heavy atom. The van der Waals surface area contributed by atoms with Crippen molar-refractivity contribution in [3.63, 3.8) is 0 Å². The van der Waals surface area contributed by atoms with Crippen LogP contribution in [0.2, 0.25) is 10.0 Å². The number of nitrogens with one attached hydrogen (secondary N) is 2. The number of aliphatic hydroxyl groups excluding tert-OH is 1. The van der Waals surface area contributed by atoms with E-state index in [0.29, 0.717) is 6.42 Å². The Bertz CT molecular complexity index is 1480. The molecule has 1 aliphatic heterocycles. The zero-order valence-corrected chi connectivity index (χ0v) is 23.9. The molecule has 1 amide bonds. The highest BCUT2D eigenvalue weighted by atomic mass is 35.5. The summed E-state index contributed by atoms with van der Waals surface area (Å²) in [5.74, 6) is -3.15. The molecule has 4 rings (SSSR count). The Kier molecular flexibility index (Phi) is 8.73. The fourth-order valence-electron chi connectivity index (χ4n) is 5.50. The highest BCUT2D eigenvalue weighted by molar-refractivity contribution is 6.31. The number of carbonyl (C=O) groups is 1. The van der Waals surface area contributed by atoms with Gasteiger partial charge in [0.15, 0.2) is 0 Å². The molecule has 3 aromatic rings. The van der Waals surface area contributed by atoms with Gasteiger partial charge in [0.05, 0.1) is 23.2 Å². The number of halogens is 4. The molecule has 214 valence electrons. The second-order valence-corrected chi connectivity index (χ2v) is 12.1. The van der Waals surface area contributed by atoms with Gasteiger partial charge in [0.25, 0.3) is 5.56 Å². The lowest BCUT2D eigenvalue weighted by atomic mass is 9.68. The zero-order valence-electron chi connectivity index (χ0n) is 22.3. The van der Waals surface area contributed by atoms with Crippen molar-refractivity contribution in [3.8, 4) is 0 Å². The molecular formula is C29H32Cl2F2N4O3. The Hall–Kier alpha value is -2.82. The Morgan fingerprint density at radius 1 is 1.18 bits per heavy atom. The molecule has 0 saturated carbocycles. The molecule has 5 N–H and O–H groups in total. The summed E-state index contributed by atoms with van der Waals surface area (Å²) in [4.78, 5) is 26.2. The second-order valence-electron chi connectivity index (χ2n) is 11.3. The lowest BCUT2D eigenvalue weighted by Crippen LogP contribution is -2.52. The lowest BCUT2D eigenvalue weighted by Gasteiger charge is -2.40. The van der Waals surface area contributed by atoms with Crippen LogP contribution in [0.5, 0.6) is 0 Å². The van der Waals surface area contributed by atoms with E-state index in [4.69, 9.17) is 34.0 Å². The van der Waals surface area contributed by atoms with E-state index in [1.165, 1.54) is 47.2 Å². The Morgan fingerprint density at radius 2 is 1.90 bits per heavy atom. The SMILES string of the molecule is CC(C)(C)C[C@@H]1N[C@@H](C(=O)Nc2ccn(CCO)c(=O)c2)[C@H](c2cccc(Cl)c2F)[C@@]1(N)c1ccc(Cl)cc1F. The summed E-state index contributed by atoms with van der Waals surface area (Å²) in [5, 5.41) is 15.1. The number of carbonyl (C=O) groups excluding carboxylic acids is 1. The first-order valence-corrected chi connectivity index (χ1v) is 13.6. The number of anilines is 1. The third-order valence-electron chi connectivity index (χ3n) is 7.22. The van der Waals surface area contributed by atoms with Gasteiger partial charge in [-0.15, -0.1) is 0 Å². The average Bonchev–Trinajstić information content (AvgIpc) is 3.14. The van der Waals surface area contributed by atoms with Gasteiger partial charge in [0.1, 0.15) is 11.6 Å². The van der Waals surface area contributed by atoms with E-state index < -0.39 is 46.6 Å². The van der Waals surface area contributed by atoms with Crippen molar-refractivity contribution < 1.29 is 18.7 Å². The van der Waals surface area contributed by atoms with Gasteiger partial charge in [0.2, 0.25) is 5.91 Å². The Balaban J connectivity index is 1.87. The minimum Gasteiger partial charge on any atom is -0.395 e. The second kappa shape index (κ2) is 11.6. The molecule has 0 bridgehead atoms. The molecule has 0 unspecified atom stereocenters. The van der Waals surface area contributed by atoms with Crippen molar-refractivity contribution in [2.45, 2.75) is 57.3 Å². The van der Waals surface area contributed by atoms with Gasteiger partial charge in [0, 0.05) is 47.0 Å². The predicted molar refractivity (Wildman–Crippen MR) is 153 cm³/mol. The van der Waals surface area contributed by atoms with Crippen LogP contribution in [0.3, 0.4) is 0 Å². The Labute approximate surface area is 241 Å². The molecule has 2 aromatic carbocycles. The first kappa shape index (κ1) is 30.1. The number of nitrogens with two attached hydrogens (primary N) is 1. The number of hydrogen-bond donors (Lipinski definition) is 4. The van der Waals surface area contributed by atoms with Crippen molar-refractivity contribution in [2.75, 3.05) is 11.9 Å². The summed E-state index contributed by atoms with van der Waals surface area (Å²) in [5.41, 5.74) is 5.14. The number of rotatable bonds is 7. The molecule has 1 fully saturated rings. The highest BCUT2D eigenvalue weighted by Gasteiger charge is 2.58. The normalized spacial score (nSPS) is 22.9. The van der Waals surface area contributed by atoms with Gasteiger partial charge in [-0.25, -0.2) is 8.78 Å². The van der Waals surface area contributed by atoms with Crippen LogP contribution in [-0.4, -0.2) is 34.3 Å². The van der Waals surface area contributed by atoms with E-state index in [1.54, 1.807) is 6.07 Å². The smallest absolute Gasteiger partial charge is 0.252 e. The molecule has 11 heteroatoms. The number of benzene rings is 2. The van der Waals surface area contributed by atoms with E-state index in [-0.39, 0.29) is 45.4 Å². The van der Waals surface area contributed by atoms with Crippen LogP contribution in [0.25, 0.3) is 0 Å². The van der Waals surface area contributed by atoms with E-state index in [1.807, 2.05) is 20.8 Å². The van der Waals surface area contributed by atoms with Gasteiger partial charge in [-0.1, -0.05) is 62.2 Å². The first-order valence-electron chi connectivity index (χ1n) is 12.8. The predicted octanol–water partition coefficient (Wildman–Crippen LogP) is 4.78. The van der Waals surface area contributed by atoms with Crippen molar-refractivity contribution >= 4 is 34.8 Å². The highest BCUT2D eigenvalue weighted by Crippen LogP contribution is 2.50. The fourth-order valence-corrected chi connectivity index (χ4v) is 5.84. The number of amides is 1. The minimum atomic E-state index is -1.61. The average molecular weight is 594 g/mol. The monoisotopic (exact) mass is 592 g/mol. The van der Waals surface area contributed by atoms with Crippen LogP contribution in [0.15, 0.2) is 59.5 Å². The molecule has 1 aliphatic rings. The number of aliphatic hydroxyl groups is 1. The molecule has 40 heavy (non-hydrogen) atoms. The van der Waals surface area contributed by atoms with E-state index in [0.717, 1.165) is 6.07 Å². The fraction of sp³-hybridized carbons (Fsp3) is 0.379. The third kappa shape index (κ3) is 5.94. The quantitative estimate of drug-likeness (QED) is 0.316. The maximum atomic E-state index is 15.6. The van der Waals surface area contributed by atoms with Gasteiger partial charge < -0.3 is 26.0 Å². The summed E-state index contributed by atoms with van der Waals surface area (Å²) in [6, 6.07) is 9.44. The summed E-state index contributed by atoms with van der Waals surface area (Å²) in [6.07, 6.45) is 1.86. The van der Waals surface area contributed by atoms with E-state index >= 15 is 8.78 Å². The molecule has 4 atom stereocenters. The first-order chi connectivity index (χ1) is 18.8. The molecule has 0 aliphatic carbocycles. The summed E-state index contributed by atoms with van der Waals surface area (Å²) in [7, 11) is 0. The number of nitrogens with zero attached hydrogens (tertiary/aromatic N) is 1. The summed E-state index contributed by atoms with van der Waals surface area (Å²) < 4.78 is 32.5. The lowest BCUT2D eigenvalue weighted by molar-refractivity contribution is -0.118. The molecule has 1 saturated heterocycles. The van der Waals surface area contributed by atoms with E-state index in [2.05, 4.69) is 10.6 Å². The van der Waals surface area contributed by atoms with Gasteiger partial charge in [-0.05, 0) is 41.7 Å². The van der Waals surface area contributed by atoms with Crippen LogP contribution < -0.4 is 21.9 Å². The molecule has 1 aromatic heterocycles. The minimum absolute atomic E-state index is 0.0479. The molecule has 0 spiro atoms. The standard InChI is InChI=1S/C29H32Cl2F2N4O3/c1-28(2,3)15-22-29(34,19-8-7-16(30)13-21(19)32)24(18-5-4-6-20(31)25(18)33)26(36-22)27(40)35-17-9-10-37(11-12-38)23(39)14-17/h4-10,13-14,22,24,26,36,38H,11-12,15,34H2,1-3H3,(H,35,40)/t22-,24-,26+,29+/m0/s1. The van der Waals surface area contributed by atoms with Crippen LogP contribution in [-0.2, 0) is 16.9 Å². The van der Waals surface area contributed by atoms with Crippen molar-refractivity contribution in [2.24, 2.45) is 11.1 Å². The van der Waals surface area contributed by atoms with Crippen molar-refractivity contribution in [1.82, 2.24) is 9.88 Å². The molecule has 7 nitrogen and oxygen atoms in total. The van der Waals surface area contributed by atoms with E-state index in [9.17, 15) is 9.59 Å². The van der Waals surface area contributed by atoms with Gasteiger partial charge >= 0.3 is 0 Å². The number of hydrogen-bond acceptors (Lipinski definition) is 5. The van der Waals surface area contributed by atoms with Crippen molar-refractivity contribution in [3.05, 3.63) is 97.9 Å². The third-order valence-corrected chi connectivity index (χ3v) is 7.75. The zero-order chi connectivity index (χ0) is 29.4. The van der Waals surface area contributed by atoms with Crippen LogP contribution in [0.4, 0.5) is 14.5 Å². The van der Waals surface area contributed by atoms with Crippen LogP contribution in [0.1, 0.15) is 44.2 Å². The topological polar surface area (TPSA) is 109 Å². The van der Waals surface area contributed by atoms with Crippen LogP contribution in [0, 0.1) is 17.0 Å². The number of pyridine rings is 1. The summed E-state index contributed by atoms with van der Waals surface area (Å²) >= 11 is 12.2. The van der Waals surface area contributed by atoms with Crippen molar-refractivity contribution in [1.29, 1.82) is 0 Å². The van der Waals surface area contributed by atoms with Gasteiger partial charge in [-0.3, -0.25) is 9.59 Å². The maximum Gasteiger partial charge on any atom is 0.252 e. The molecule has 2 heterocycles. The molecule has 0 radical (unpaired) electrons. The maximum absolute atomic E-state index is 15.6. The summed E-state index contributed by atoms with van der Waals surface area (Å²) in [6.45, 7) is 5.83.